The normalized spacial score (nSPS) is 10.0. The molecule has 0 saturated heterocycles. The van der Waals surface area contributed by atoms with Crippen molar-refractivity contribution < 1.29 is 9.53 Å². The van der Waals surface area contributed by atoms with Crippen LogP contribution in [0.5, 0.6) is 0 Å². The van der Waals surface area contributed by atoms with Crippen LogP contribution in [0.25, 0.3) is 0 Å². The zero-order valence-electron chi connectivity index (χ0n) is 9.16. The minimum atomic E-state index is -0.125. The second-order valence-corrected chi connectivity index (χ2v) is 4.43. The molecule has 0 fully saturated rings. The van der Waals surface area contributed by atoms with Gasteiger partial charge >= 0.3 is 5.97 Å². The Bertz CT molecular complexity index is 323. The molecule has 0 saturated carbocycles. The number of esters is 1. The van der Waals surface area contributed by atoms with Gasteiger partial charge in [0, 0.05) is 11.3 Å². The molecule has 0 aromatic heterocycles. The van der Waals surface area contributed by atoms with Crippen molar-refractivity contribution in [2.24, 2.45) is 0 Å². The lowest BCUT2D eigenvalue weighted by atomic mass is 10.2. The molecule has 0 heterocycles. The lowest BCUT2D eigenvalue weighted by molar-refractivity contribution is -0.140. The average Bonchev–Trinajstić information content (AvgIpc) is 2.26. The average molecular weight is 224 g/mol. The molecular weight excluding hydrogens is 208 g/mol. The summed E-state index contributed by atoms with van der Waals surface area (Å²) < 4.78 is 4.58. The van der Waals surface area contributed by atoms with Crippen molar-refractivity contribution in [1.29, 1.82) is 0 Å². The first-order chi connectivity index (χ1) is 7.24. The first kappa shape index (κ1) is 12.1. The molecule has 0 N–H and O–H groups in total. The molecule has 0 aliphatic heterocycles. The third-order valence-corrected chi connectivity index (χ3v) is 3.37. The number of hydrogen-bond donors (Lipinski definition) is 0. The second-order valence-electron chi connectivity index (χ2n) is 3.29. The SMILES string of the molecule is COC(=O)CCCSc1ccccc1C. The van der Waals surface area contributed by atoms with Gasteiger partial charge in [0.2, 0.25) is 0 Å². The number of methoxy groups -OCH3 is 1. The van der Waals surface area contributed by atoms with E-state index < -0.39 is 0 Å². The van der Waals surface area contributed by atoms with E-state index in [0.29, 0.717) is 6.42 Å². The number of rotatable bonds is 5. The Labute approximate surface area is 95.0 Å². The largest absolute Gasteiger partial charge is 0.469 e. The maximum absolute atomic E-state index is 10.9. The Morgan fingerprint density at radius 3 is 2.80 bits per heavy atom. The lowest BCUT2D eigenvalue weighted by Gasteiger charge is -2.04. The van der Waals surface area contributed by atoms with Crippen LogP contribution in [0.2, 0.25) is 0 Å². The van der Waals surface area contributed by atoms with E-state index in [2.05, 4.69) is 23.8 Å². The maximum atomic E-state index is 10.9. The van der Waals surface area contributed by atoms with Crippen molar-refractivity contribution in [3.05, 3.63) is 29.8 Å². The summed E-state index contributed by atoms with van der Waals surface area (Å²) in [5, 5.41) is 0. The number of carbonyl (C=O) groups is 1. The van der Waals surface area contributed by atoms with Crippen LogP contribution in [0.1, 0.15) is 18.4 Å². The topological polar surface area (TPSA) is 26.3 Å². The summed E-state index contributed by atoms with van der Waals surface area (Å²) >= 11 is 1.79. The van der Waals surface area contributed by atoms with E-state index in [-0.39, 0.29) is 5.97 Å². The summed E-state index contributed by atoms with van der Waals surface area (Å²) in [6.07, 6.45) is 1.38. The number of ether oxygens (including phenoxy) is 1. The van der Waals surface area contributed by atoms with E-state index in [4.69, 9.17) is 0 Å². The Balaban J connectivity index is 2.26. The molecule has 0 bridgehead atoms. The van der Waals surface area contributed by atoms with Crippen molar-refractivity contribution in [2.45, 2.75) is 24.7 Å². The predicted molar refractivity (Wildman–Crippen MR) is 63.2 cm³/mol. The fourth-order valence-electron chi connectivity index (χ4n) is 1.22. The van der Waals surface area contributed by atoms with Gasteiger partial charge in [-0.25, -0.2) is 0 Å². The van der Waals surface area contributed by atoms with Crippen molar-refractivity contribution in [2.75, 3.05) is 12.9 Å². The van der Waals surface area contributed by atoms with E-state index in [1.807, 2.05) is 12.1 Å². The van der Waals surface area contributed by atoms with Crippen LogP contribution in [0.4, 0.5) is 0 Å². The van der Waals surface area contributed by atoms with Crippen LogP contribution in [0.3, 0.4) is 0 Å². The van der Waals surface area contributed by atoms with Crippen LogP contribution in [0, 0.1) is 6.92 Å². The molecule has 2 nitrogen and oxygen atoms in total. The molecule has 1 rings (SSSR count). The predicted octanol–water partition coefficient (Wildman–Crippen LogP) is 3.04. The molecule has 0 aliphatic carbocycles. The first-order valence-corrected chi connectivity index (χ1v) is 5.98. The number of aryl methyl sites for hydroxylation is 1. The van der Waals surface area contributed by atoms with E-state index >= 15 is 0 Å². The quantitative estimate of drug-likeness (QED) is 0.437. The third kappa shape index (κ3) is 4.38. The summed E-state index contributed by atoms with van der Waals surface area (Å²) in [6.45, 7) is 2.10. The highest BCUT2D eigenvalue weighted by Crippen LogP contribution is 2.22. The van der Waals surface area contributed by atoms with Crippen molar-refractivity contribution in [3.63, 3.8) is 0 Å². The van der Waals surface area contributed by atoms with Gasteiger partial charge in [-0.15, -0.1) is 11.8 Å². The van der Waals surface area contributed by atoms with E-state index in [9.17, 15) is 4.79 Å². The molecule has 0 radical (unpaired) electrons. The molecule has 82 valence electrons. The van der Waals surface area contributed by atoms with E-state index in [0.717, 1.165) is 12.2 Å². The van der Waals surface area contributed by atoms with Crippen LogP contribution < -0.4 is 0 Å². The van der Waals surface area contributed by atoms with Gasteiger partial charge in [0.1, 0.15) is 0 Å². The zero-order valence-corrected chi connectivity index (χ0v) is 9.97. The zero-order chi connectivity index (χ0) is 11.1. The van der Waals surface area contributed by atoms with Crippen LogP contribution >= 0.6 is 11.8 Å². The van der Waals surface area contributed by atoms with Crippen LogP contribution in [-0.4, -0.2) is 18.8 Å². The third-order valence-electron chi connectivity index (χ3n) is 2.10. The monoisotopic (exact) mass is 224 g/mol. The van der Waals surface area contributed by atoms with Gasteiger partial charge in [-0.05, 0) is 30.7 Å². The molecule has 0 aliphatic rings. The van der Waals surface area contributed by atoms with Crippen molar-refractivity contribution >= 4 is 17.7 Å². The van der Waals surface area contributed by atoms with Gasteiger partial charge < -0.3 is 4.74 Å². The van der Waals surface area contributed by atoms with Crippen molar-refractivity contribution in [3.8, 4) is 0 Å². The first-order valence-electron chi connectivity index (χ1n) is 4.99. The molecule has 0 spiro atoms. The fourth-order valence-corrected chi connectivity index (χ4v) is 2.20. The smallest absolute Gasteiger partial charge is 0.305 e. The van der Waals surface area contributed by atoms with Crippen LogP contribution in [0.15, 0.2) is 29.2 Å². The standard InChI is InChI=1S/C12H16O2S/c1-10-6-3-4-7-11(10)15-9-5-8-12(13)14-2/h3-4,6-7H,5,8-9H2,1-2H3. The number of thioether (sulfide) groups is 1. The summed E-state index contributed by atoms with van der Waals surface area (Å²) in [7, 11) is 1.43. The van der Waals surface area contributed by atoms with Gasteiger partial charge in [0.05, 0.1) is 7.11 Å². The molecule has 15 heavy (non-hydrogen) atoms. The second kappa shape index (κ2) is 6.51. The highest BCUT2D eigenvalue weighted by molar-refractivity contribution is 7.99. The highest BCUT2D eigenvalue weighted by atomic mass is 32.2. The fraction of sp³-hybridized carbons (Fsp3) is 0.417. The van der Waals surface area contributed by atoms with E-state index in [1.54, 1.807) is 11.8 Å². The Morgan fingerprint density at radius 1 is 1.40 bits per heavy atom. The van der Waals surface area contributed by atoms with Gasteiger partial charge in [-0.2, -0.15) is 0 Å². The van der Waals surface area contributed by atoms with E-state index in [1.165, 1.54) is 17.6 Å². The molecule has 3 heteroatoms. The Kier molecular flexibility index (Phi) is 5.26. The summed E-state index contributed by atoms with van der Waals surface area (Å²) in [6, 6.07) is 8.28. The minimum absolute atomic E-state index is 0.125. The summed E-state index contributed by atoms with van der Waals surface area (Å²) in [4.78, 5) is 12.2. The number of hydrogen-bond acceptors (Lipinski definition) is 3. The van der Waals surface area contributed by atoms with Gasteiger partial charge in [0.15, 0.2) is 0 Å². The highest BCUT2D eigenvalue weighted by Gasteiger charge is 2.01. The maximum Gasteiger partial charge on any atom is 0.305 e. The lowest BCUT2D eigenvalue weighted by Crippen LogP contribution is -2.00. The molecule has 0 unspecified atom stereocenters. The number of carbonyl (C=O) groups excluding carboxylic acids is 1. The molecular formula is C12H16O2S. The molecule has 1 aromatic rings. The molecule has 1 aromatic carbocycles. The van der Waals surface area contributed by atoms with Gasteiger partial charge in [-0.1, -0.05) is 18.2 Å². The Morgan fingerprint density at radius 2 is 2.13 bits per heavy atom. The molecule has 0 amide bonds. The summed E-state index contributed by atoms with van der Waals surface area (Å²) in [5.74, 6) is 0.834. The summed E-state index contributed by atoms with van der Waals surface area (Å²) in [5.41, 5.74) is 1.29. The Hall–Kier alpha value is -0.960. The minimum Gasteiger partial charge on any atom is -0.469 e. The van der Waals surface area contributed by atoms with Crippen molar-refractivity contribution in [1.82, 2.24) is 0 Å². The van der Waals surface area contributed by atoms with Gasteiger partial charge in [0.25, 0.3) is 0 Å². The number of benzene rings is 1. The molecule has 0 atom stereocenters. The van der Waals surface area contributed by atoms with Gasteiger partial charge in [-0.3, -0.25) is 4.79 Å². The van der Waals surface area contributed by atoms with Crippen LogP contribution in [-0.2, 0) is 9.53 Å².